The predicted molar refractivity (Wildman–Crippen MR) is 91.5 cm³/mol. The first-order valence-electron chi connectivity index (χ1n) is 8.71. The molecule has 3 atom stereocenters. The van der Waals surface area contributed by atoms with Gasteiger partial charge >= 0.3 is 5.97 Å². The normalized spacial score (nSPS) is 24.4. The summed E-state index contributed by atoms with van der Waals surface area (Å²) in [4.78, 5) is 28.7. The van der Waals surface area contributed by atoms with Crippen LogP contribution in [0.1, 0.15) is 56.4 Å². The molecule has 0 unspecified atom stereocenters. The molecule has 7 heteroatoms. The van der Waals surface area contributed by atoms with Gasteiger partial charge in [0.25, 0.3) is 5.91 Å². The van der Waals surface area contributed by atoms with Crippen molar-refractivity contribution in [3.05, 3.63) is 18.0 Å². The molecule has 0 saturated carbocycles. The lowest BCUT2D eigenvalue weighted by Gasteiger charge is -2.23. The quantitative estimate of drug-likeness (QED) is 0.810. The number of nitrogens with one attached hydrogen (secondary N) is 1. The molecule has 1 aromatic heterocycles. The predicted octanol–water partition coefficient (Wildman–Crippen LogP) is 2.43. The van der Waals surface area contributed by atoms with Crippen molar-refractivity contribution in [2.45, 2.75) is 58.1 Å². The number of cyclic esters (lactones) is 1. The first-order valence-corrected chi connectivity index (χ1v) is 8.71. The fourth-order valence-electron chi connectivity index (χ4n) is 3.13. The minimum Gasteiger partial charge on any atom is -0.503 e. The lowest BCUT2D eigenvalue weighted by atomic mass is 9.94. The second-order valence-electron chi connectivity index (χ2n) is 6.33. The third-order valence-electron chi connectivity index (χ3n) is 4.72. The Morgan fingerprint density at radius 1 is 1.44 bits per heavy atom. The minimum absolute atomic E-state index is 0.150. The monoisotopic (exact) mass is 350 g/mol. The summed E-state index contributed by atoms with van der Waals surface area (Å²) in [5.41, 5.74) is -0.175. The Balaban J connectivity index is 2.12. The van der Waals surface area contributed by atoms with E-state index in [4.69, 9.17) is 9.47 Å². The van der Waals surface area contributed by atoms with Gasteiger partial charge < -0.3 is 19.9 Å². The number of hydrogen-bond acceptors (Lipinski definition) is 6. The average Bonchev–Trinajstić information content (AvgIpc) is 2.65. The van der Waals surface area contributed by atoms with E-state index in [1.54, 1.807) is 0 Å². The van der Waals surface area contributed by atoms with Crippen LogP contribution < -0.4 is 10.1 Å². The van der Waals surface area contributed by atoms with E-state index in [2.05, 4.69) is 17.2 Å². The van der Waals surface area contributed by atoms with Crippen LogP contribution in [0.4, 0.5) is 0 Å². The van der Waals surface area contributed by atoms with Crippen LogP contribution in [0.2, 0.25) is 0 Å². The van der Waals surface area contributed by atoms with Crippen molar-refractivity contribution in [2.75, 3.05) is 7.11 Å². The molecule has 0 spiro atoms. The number of amides is 1. The molecule has 1 fully saturated rings. The van der Waals surface area contributed by atoms with Crippen molar-refractivity contribution in [3.63, 3.8) is 0 Å². The van der Waals surface area contributed by atoms with Crippen LogP contribution in [-0.2, 0) is 9.53 Å². The number of nitrogens with zero attached hydrogens (tertiary/aromatic N) is 1. The van der Waals surface area contributed by atoms with Gasteiger partial charge in [-0.1, -0.05) is 19.8 Å². The lowest BCUT2D eigenvalue weighted by molar-refractivity contribution is -0.153. The number of aromatic hydroxyl groups is 1. The summed E-state index contributed by atoms with van der Waals surface area (Å²) in [7, 11) is 1.39. The van der Waals surface area contributed by atoms with Gasteiger partial charge in [0.15, 0.2) is 17.2 Å². The van der Waals surface area contributed by atoms with Crippen molar-refractivity contribution >= 4 is 11.9 Å². The van der Waals surface area contributed by atoms with E-state index >= 15 is 0 Å². The van der Waals surface area contributed by atoms with Gasteiger partial charge in [-0.2, -0.15) is 0 Å². The number of carbonyl (C=O) groups is 2. The molecule has 0 aromatic carbocycles. The van der Waals surface area contributed by atoms with Crippen LogP contribution in [0.5, 0.6) is 11.5 Å². The zero-order valence-electron chi connectivity index (χ0n) is 14.9. The molecule has 2 N–H and O–H groups in total. The van der Waals surface area contributed by atoms with Gasteiger partial charge in [-0.15, -0.1) is 0 Å². The maximum absolute atomic E-state index is 12.4. The number of carbonyl (C=O) groups excluding carboxylic acids is 2. The Morgan fingerprint density at radius 2 is 2.16 bits per heavy atom. The number of aromatic nitrogens is 1. The van der Waals surface area contributed by atoms with Gasteiger partial charge in [0, 0.05) is 12.3 Å². The van der Waals surface area contributed by atoms with E-state index < -0.39 is 17.9 Å². The highest BCUT2D eigenvalue weighted by Crippen LogP contribution is 2.28. The fourth-order valence-corrected chi connectivity index (χ4v) is 3.13. The summed E-state index contributed by atoms with van der Waals surface area (Å²) in [6.07, 6.45) is 5.44. The first kappa shape index (κ1) is 19.0. The van der Waals surface area contributed by atoms with Crippen LogP contribution >= 0.6 is 0 Å². The van der Waals surface area contributed by atoms with Crippen molar-refractivity contribution < 1.29 is 24.2 Å². The Hall–Kier alpha value is -2.31. The van der Waals surface area contributed by atoms with Gasteiger partial charge in [0.05, 0.1) is 7.11 Å². The molecular weight excluding hydrogens is 324 g/mol. The van der Waals surface area contributed by atoms with E-state index in [9.17, 15) is 14.7 Å². The maximum Gasteiger partial charge on any atom is 0.328 e. The van der Waals surface area contributed by atoms with Crippen molar-refractivity contribution in [2.24, 2.45) is 5.92 Å². The van der Waals surface area contributed by atoms with Gasteiger partial charge in [-0.25, -0.2) is 9.78 Å². The van der Waals surface area contributed by atoms with Gasteiger partial charge in [-0.05, 0) is 32.1 Å². The third-order valence-corrected chi connectivity index (χ3v) is 4.72. The SMILES string of the molecule is CC[C@@H]1CCCC[C@H](NC(=O)c2nccc(OC)c2O)C(=O)O[C@H]1C. The summed E-state index contributed by atoms with van der Waals surface area (Å²) in [5.74, 6) is -0.932. The summed E-state index contributed by atoms with van der Waals surface area (Å²) in [6.45, 7) is 3.98. The summed E-state index contributed by atoms with van der Waals surface area (Å²) >= 11 is 0. The molecule has 0 aliphatic carbocycles. The van der Waals surface area contributed by atoms with Crippen molar-refractivity contribution in [1.29, 1.82) is 0 Å². The molecule has 1 amide bonds. The fraction of sp³-hybridized carbons (Fsp3) is 0.611. The molecule has 2 rings (SSSR count). The molecule has 1 saturated heterocycles. The Kier molecular flexibility index (Phi) is 6.61. The van der Waals surface area contributed by atoms with Crippen LogP contribution in [0.3, 0.4) is 0 Å². The van der Waals surface area contributed by atoms with Crippen LogP contribution in [-0.4, -0.2) is 41.2 Å². The molecule has 7 nitrogen and oxygen atoms in total. The zero-order chi connectivity index (χ0) is 18.4. The molecule has 0 radical (unpaired) electrons. The minimum atomic E-state index is -0.752. The van der Waals surface area contributed by atoms with Crippen LogP contribution in [0.15, 0.2) is 12.3 Å². The van der Waals surface area contributed by atoms with Gasteiger partial charge in [-0.3, -0.25) is 4.79 Å². The van der Waals surface area contributed by atoms with Crippen molar-refractivity contribution in [1.82, 2.24) is 10.3 Å². The topological polar surface area (TPSA) is 97.8 Å². The van der Waals surface area contributed by atoms with Crippen LogP contribution in [0, 0.1) is 5.92 Å². The third kappa shape index (κ3) is 4.61. The highest BCUT2D eigenvalue weighted by atomic mass is 16.5. The smallest absolute Gasteiger partial charge is 0.328 e. The maximum atomic E-state index is 12.4. The Bertz CT molecular complexity index is 619. The summed E-state index contributed by atoms with van der Waals surface area (Å²) < 4.78 is 10.5. The number of esters is 1. The van der Waals surface area contributed by atoms with Crippen molar-refractivity contribution in [3.8, 4) is 11.5 Å². The molecule has 1 aliphatic rings. The van der Waals surface area contributed by atoms with E-state index in [0.29, 0.717) is 12.3 Å². The largest absolute Gasteiger partial charge is 0.503 e. The Morgan fingerprint density at radius 3 is 2.84 bits per heavy atom. The second kappa shape index (κ2) is 8.69. The molecule has 1 aromatic rings. The number of hydrogen-bond donors (Lipinski definition) is 2. The Labute approximate surface area is 147 Å². The van der Waals surface area contributed by atoms with E-state index in [-0.39, 0.29) is 23.3 Å². The lowest BCUT2D eigenvalue weighted by Crippen LogP contribution is -2.43. The highest BCUT2D eigenvalue weighted by Gasteiger charge is 2.29. The molecule has 25 heavy (non-hydrogen) atoms. The highest BCUT2D eigenvalue weighted by molar-refractivity contribution is 5.97. The number of methoxy groups -OCH3 is 1. The average molecular weight is 350 g/mol. The van der Waals surface area contributed by atoms with E-state index in [1.165, 1.54) is 19.4 Å². The molecule has 1 aliphatic heterocycles. The molecule has 138 valence electrons. The molecule has 0 bridgehead atoms. The summed E-state index contributed by atoms with van der Waals surface area (Å²) in [5, 5.41) is 12.7. The molecular formula is C18H26N2O5. The second-order valence-corrected chi connectivity index (χ2v) is 6.33. The first-order chi connectivity index (χ1) is 12.0. The van der Waals surface area contributed by atoms with E-state index in [0.717, 1.165) is 25.7 Å². The van der Waals surface area contributed by atoms with Gasteiger partial charge in [0.1, 0.15) is 12.1 Å². The summed E-state index contributed by atoms with van der Waals surface area (Å²) in [6, 6.07) is 0.699. The number of rotatable bonds is 4. The van der Waals surface area contributed by atoms with E-state index in [1.807, 2.05) is 6.92 Å². The zero-order valence-corrected chi connectivity index (χ0v) is 14.9. The molecule has 2 heterocycles. The van der Waals surface area contributed by atoms with Crippen LogP contribution in [0.25, 0.3) is 0 Å². The number of pyridine rings is 1. The number of ether oxygens (including phenoxy) is 2. The van der Waals surface area contributed by atoms with Gasteiger partial charge in [0.2, 0.25) is 0 Å². The standard InChI is InChI=1S/C18H26N2O5/c1-4-12-7-5-6-8-13(18(23)25-11(12)2)20-17(22)15-16(21)14(24-3)9-10-19-15/h9-13,21H,4-8H2,1-3H3,(H,20,22)/t11-,12+,13-/m0/s1.